The van der Waals surface area contributed by atoms with Gasteiger partial charge in [0.25, 0.3) is 5.91 Å². The van der Waals surface area contributed by atoms with Crippen LogP contribution in [0.2, 0.25) is 5.02 Å². The Morgan fingerprint density at radius 1 is 1.19 bits per heavy atom. The number of fused-ring (bicyclic) bond motifs is 1. The van der Waals surface area contributed by atoms with Crippen molar-refractivity contribution in [1.82, 2.24) is 0 Å². The van der Waals surface area contributed by atoms with E-state index in [0.717, 1.165) is 13.2 Å². The number of nitrogens with one attached hydrogen (secondary N) is 1. The predicted octanol–water partition coefficient (Wildman–Crippen LogP) is 4.71. The zero-order valence-corrected chi connectivity index (χ0v) is 14.4. The van der Waals surface area contributed by atoms with E-state index in [1.807, 2.05) is 0 Å². The molecule has 0 spiro atoms. The first-order valence-electron chi connectivity index (χ1n) is 7.39. The Labute approximate surface area is 151 Å². The van der Waals surface area contributed by atoms with Gasteiger partial charge < -0.3 is 14.5 Å². The van der Waals surface area contributed by atoms with Crippen LogP contribution < -0.4 is 5.32 Å². The van der Waals surface area contributed by atoms with Crippen LogP contribution in [0.1, 0.15) is 26.5 Å². The minimum Gasteiger partial charge on any atom is -0.465 e. The van der Waals surface area contributed by atoms with Gasteiger partial charge in [0.05, 0.1) is 23.4 Å². The standard InChI is InChI=1S/C18H12ClF2NO4/c1-8-9-4-3-5-11(19)16(9)26-15(8)17(23)22-14-6-10(18(24)25-2)12(20)7-13(14)21/h3-7H,1-2H3,(H,22,23). The molecule has 0 saturated carbocycles. The molecule has 0 bridgehead atoms. The molecule has 3 aromatic rings. The van der Waals surface area contributed by atoms with E-state index in [4.69, 9.17) is 16.0 Å². The molecule has 26 heavy (non-hydrogen) atoms. The van der Waals surface area contributed by atoms with Gasteiger partial charge in [-0.3, -0.25) is 4.79 Å². The Balaban J connectivity index is 2.00. The number of halogens is 3. The lowest BCUT2D eigenvalue weighted by atomic mass is 10.1. The van der Waals surface area contributed by atoms with Crippen molar-refractivity contribution >= 4 is 40.1 Å². The minimum absolute atomic E-state index is 0.0727. The minimum atomic E-state index is -1.10. The Morgan fingerprint density at radius 2 is 1.92 bits per heavy atom. The maximum absolute atomic E-state index is 14.0. The van der Waals surface area contributed by atoms with Crippen LogP contribution in [0.25, 0.3) is 11.0 Å². The van der Waals surface area contributed by atoms with Crippen molar-refractivity contribution in [1.29, 1.82) is 0 Å². The highest BCUT2D eigenvalue weighted by molar-refractivity contribution is 6.35. The van der Waals surface area contributed by atoms with Gasteiger partial charge in [0, 0.05) is 17.0 Å². The molecule has 0 fully saturated rings. The van der Waals surface area contributed by atoms with Gasteiger partial charge in [-0.25, -0.2) is 13.6 Å². The number of anilines is 1. The summed E-state index contributed by atoms with van der Waals surface area (Å²) in [5.41, 5.74) is -0.0568. The van der Waals surface area contributed by atoms with Crippen molar-refractivity contribution in [3.63, 3.8) is 0 Å². The van der Waals surface area contributed by atoms with Crippen molar-refractivity contribution in [2.45, 2.75) is 6.92 Å². The molecule has 1 aromatic heterocycles. The molecule has 0 aliphatic carbocycles. The van der Waals surface area contributed by atoms with Gasteiger partial charge in [-0.1, -0.05) is 23.7 Å². The van der Waals surface area contributed by atoms with Gasteiger partial charge in [-0.15, -0.1) is 0 Å². The van der Waals surface area contributed by atoms with Crippen LogP contribution in [0.5, 0.6) is 0 Å². The number of esters is 1. The Kier molecular flexibility index (Phi) is 4.65. The van der Waals surface area contributed by atoms with E-state index in [-0.39, 0.29) is 11.4 Å². The molecule has 1 amide bonds. The molecule has 1 N–H and O–H groups in total. The summed E-state index contributed by atoms with van der Waals surface area (Å²) in [5.74, 6) is -3.98. The van der Waals surface area contributed by atoms with E-state index in [2.05, 4.69) is 10.1 Å². The lowest BCUT2D eigenvalue weighted by Gasteiger charge is -2.08. The molecule has 2 aromatic carbocycles. The monoisotopic (exact) mass is 379 g/mol. The number of amides is 1. The first-order chi connectivity index (χ1) is 12.3. The van der Waals surface area contributed by atoms with Gasteiger partial charge in [0.15, 0.2) is 11.3 Å². The second-order valence-electron chi connectivity index (χ2n) is 5.43. The number of hydrogen-bond acceptors (Lipinski definition) is 4. The van der Waals surface area contributed by atoms with Crippen LogP contribution in [0.3, 0.4) is 0 Å². The Bertz CT molecular complexity index is 1050. The zero-order valence-electron chi connectivity index (χ0n) is 13.7. The summed E-state index contributed by atoms with van der Waals surface area (Å²) in [5, 5.41) is 3.23. The van der Waals surface area contributed by atoms with Crippen molar-refractivity contribution in [2.75, 3.05) is 12.4 Å². The third-order valence-electron chi connectivity index (χ3n) is 3.83. The number of carbonyl (C=O) groups excluding carboxylic acids is 2. The van der Waals surface area contributed by atoms with E-state index < -0.39 is 29.1 Å². The highest BCUT2D eigenvalue weighted by Gasteiger charge is 2.22. The predicted molar refractivity (Wildman–Crippen MR) is 91.6 cm³/mol. The van der Waals surface area contributed by atoms with E-state index in [0.29, 0.717) is 27.6 Å². The lowest BCUT2D eigenvalue weighted by molar-refractivity contribution is 0.0595. The van der Waals surface area contributed by atoms with Crippen LogP contribution in [0.4, 0.5) is 14.5 Å². The molecule has 0 radical (unpaired) electrons. The average molecular weight is 380 g/mol. The number of aryl methyl sites for hydroxylation is 1. The van der Waals surface area contributed by atoms with Crippen LogP contribution >= 0.6 is 11.6 Å². The maximum atomic E-state index is 14.0. The van der Waals surface area contributed by atoms with Gasteiger partial charge in [-0.2, -0.15) is 0 Å². The second-order valence-corrected chi connectivity index (χ2v) is 5.84. The zero-order chi connectivity index (χ0) is 19.0. The first kappa shape index (κ1) is 17.9. The summed E-state index contributed by atoms with van der Waals surface area (Å²) >= 11 is 6.04. The molecule has 5 nitrogen and oxygen atoms in total. The second kappa shape index (κ2) is 6.76. The van der Waals surface area contributed by atoms with Crippen LogP contribution in [0, 0.1) is 18.6 Å². The van der Waals surface area contributed by atoms with E-state index in [1.165, 1.54) is 0 Å². The van der Waals surface area contributed by atoms with E-state index in [9.17, 15) is 18.4 Å². The number of furan rings is 1. The number of methoxy groups -OCH3 is 1. The third-order valence-corrected chi connectivity index (χ3v) is 4.13. The van der Waals surface area contributed by atoms with Gasteiger partial charge in [-0.05, 0) is 19.1 Å². The topological polar surface area (TPSA) is 68.5 Å². The molecular weight excluding hydrogens is 368 g/mol. The molecule has 134 valence electrons. The van der Waals surface area contributed by atoms with Crippen LogP contribution in [0.15, 0.2) is 34.7 Å². The summed E-state index contributed by atoms with van der Waals surface area (Å²) in [6.07, 6.45) is 0. The number of carbonyl (C=O) groups is 2. The number of para-hydroxylation sites is 1. The fourth-order valence-corrected chi connectivity index (χ4v) is 2.73. The highest BCUT2D eigenvalue weighted by atomic mass is 35.5. The summed E-state index contributed by atoms with van der Waals surface area (Å²) in [4.78, 5) is 24.0. The van der Waals surface area contributed by atoms with Crippen molar-refractivity contribution < 1.29 is 27.5 Å². The molecule has 0 aliphatic rings. The number of hydrogen-bond donors (Lipinski definition) is 1. The molecule has 1 heterocycles. The summed E-state index contributed by atoms with van der Waals surface area (Å²) in [7, 11) is 1.06. The fraction of sp³-hybridized carbons (Fsp3) is 0.111. The smallest absolute Gasteiger partial charge is 0.340 e. The third kappa shape index (κ3) is 3.01. The summed E-state index contributed by atoms with van der Waals surface area (Å²) in [6, 6.07) is 6.39. The Morgan fingerprint density at radius 3 is 2.58 bits per heavy atom. The van der Waals surface area contributed by atoms with Crippen molar-refractivity contribution in [2.24, 2.45) is 0 Å². The van der Waals surface area contributed by atoms with Gasteiger partial charge >= 0.3 is 5.97 Å². The van der Waals surface area contributed by atoms with Gasteiger partial charge in [0.1, 0.15) is 11.6 Å². The van der Waals surface area contributed by atoms with Crippen LogP contribution in [-0.2, 0) is 4.74 Å². The molecule has 0 atom stereocenters. The van der Waals surface area contributed by atoms with E-state index >= 15 is 0 Å². The average Bonchev–Trinajstić information content (AvgIpc) is 2.95. The van der Waals surface area contributed by atoms with Crippen molar-refractivity contribution in [3.8, 4) is 0 Å². The molecule has 3 rings (SSSR count). The fourth-order valence-electron chi connectivity index (χ4n) is 2.52. The largest absolute Gasteiger partial charge is 0.465 e. The molecule has 0 aliphatic heterocycles. The SMILES string of the molecule is COC(=O)c1cc(NC(=O)c2oc3c(Cl)cccc3c2C)c(F)cc1F. The first-order valence-corrected chi connectivity index (χ1v) is 7.77. The maximum Gasteiger partial charge on any atom is 0.340 e. The van der Waals surface area contributed by atoms with Crippen LogP contribution in [-0.4, -0.2) is 19.0 Å². The summed E-state index contributed by atoms with van der Waals surface area (Å²) < 4.78 is 37.6. The number of rotatable bonds is 3. The lowest BCUT2D eigenvalue weighted by Crippen LogP contribution is -2.15. The number of ether oxygens (including phenoxy) is 1. The molecule has 0 saturated heterocycles. The summed E-state index contributed by atoms with van der Waals surface area (Å²) in [6.45, 7) is 1.65. The van der Waals surface area contributed by atoms with Crippen molar-refractivity contribution in [3.05, 3.63) is 63.9 Å². The molecular formula is C18H12ClF2NO4. The molecule has 0 unspecified atom stereocenters. The number of benzene rings is 2. The Hall–Kier alpha value is -2.93. The van der Waals surface area contributed by atoms with E-state index in [1.54, 1.807) is 25.1 Å². The molecule has 8 heteroatoms. The normalized spacial score (nSPS) is 10.8. The van der Waals surface area contributed by atoms with Gasteiger partial charge in [0.2, 0.25) is 0 Å². The quantitative estimate of drug-likeness (QED) is 0.669. The highest BCUT2D eigenvalue weighted by Crippen LogP contribution is 2.31.